The summed E-state index contributed by atoms with van der Waals surface area (Å²) in [6.45, 7) is 5.56. The van der Waals surface area contributed by atoms with Gasteiger partial charge in [-0.2, -0.15) is 0 Å². The van der Waals surface area contributed by atoms with Crippen molar-refractivity contribution in [3.8, 4) is 0 Å². The Kier molecular flexibility index (Phi) is 9.87. The van der Waals surface area contributed by atoms with Crippen molar-refractivity contribution in [3.63, 3.8) is 0 Å². The lowest BCUT2D eigenvalue weighted by Crippen LogP contribution is -2.20. The first-order chi connectivity index (χ1) is 6.81. The summed E-state index contributed by atoms with van der Waals surface area (Å²) in [4.78, 5) is 21.6. The van der Waals surface area contributed by atoms with Crippen LogP contribution in [0, 0.1) is 0 Å². The molecule has 15 heavy (non-hydrogen) atoms. The molecule has 0 aromatic rings. The lowest BCUT2D eigenvalue weighted by atomic mass is 10.2. The van der Waals surface area contributed by atoms with Gasteiger partial charge in [-0.05, 0) is 20.5 Å². The smallest absolute Gasteiger partial charge is 0.317 e. The first-order valence-electron chi connectivity index (χ1n) is 4.65. The minimum atomic E-state index is -0.787. The van der Waals surface area contributed by atoms with Crippen molar-refractivity contribution in [1.82, 2.24) is 4.90 Å². The Hall–Kier alpha value is -1.36. The van der Waals surface area contributed by atoms with Crippen LogP contribution in [0.2, 0.25) is 0 Å². The van der Waals surface area contributed by atoms with Gasteiger partial charge in [0.05, 0.1) is 6.54 Å². The molecular formula is C10H20N2O3. The lowest BCUT2D eigenvalue weighted by Gasteiger charge is -2.01. The molecule has 3 N–H and O–H groups in total. The number of likely N-dealkylation sites (N-methyl/N-ethyl adjacent to an activating group) is 1. The Morgan fingerprint density at radius 1 is 1.40 bits per heavy atom. The summed E-state index contributed by atoms with van der Waals surface area (Å²) in [6.07, 6.45) is 1.65. The first-order valence-corrected chi connectivity index (χ1v) is 4.65. The van der Waals surface area contributed by atoms with E-state index in [0.717, 1.165) is 12.8 Å². The third-order valence-corrected chi connectivity index (χ3v) is 1.35. The van der Waals surface area contributed by atoms with Gasteiger partial charge in [-0.1, -0.05) is 19.9 Å². The molecule has 0 atom stereocenters. The van der Waals surface area contributed by atoms with Crippen molar-refractivity contribution < 1.29 is 14.7 Å². The molecule has 0 bridgehead atoms. The summed E-state index contributed by atoms with van der Waals surface area (Å²) >= 11 is 0. The number of carbonyl (C=O) groups is 2. The highest BCUT2D eigenvalue weighted by Gasteiger charge is 1.96. The average molecular weight is 216 g/mol. The Labute approximate surface area is 90.6 Å². The van der Waals surface area contributed by atoms with E-state index in [1.165, 1.54) is 0 Å². The van der Waals surface area contributed by atoms with Gasteiger partial charge in [0, 0.05) is 5.57 Å². The largest absolute Gasteiger partial charge is 0.480 e. The molecule has 0 rings (SSSR count). The lowest BCUT2D eigenvalue weighted by molar-refractivity contribution is -0.137. The number of hydrogen-bond acceptors (Lipinski definition) is 3. The molecule has 5 heteroatoms. The molecule has 0 fully saturated rings. The number of amides is 1. The van der Waals surface area contributed by atoms with Crippen LogP contribution in [0.15, 0.2) is 12.2 Å². The molecule has 88 valence electrons. The fraction of sp³-hybridized carbons (Fsp3) is 0.600. The molecule has 0 aliphatic carbocycles. The van der Waals surface area contributed by atoms with Gasteiger partial charge >= 0.3 is 5.97 Å². The van der Waals surface area contributed by atoms with E-state index in [2.05, 4.69) is 6.58 Å². The van der Waals surface area contributed by atoms with Crippen LogP contribution in [0.3, 0.4) is 0 Å². The number of nitrogens with two attached hydrogens (primary N) is 1. The third-order valence-electron chi connectivity index (χ3n) is 1.35. The number of carboxylic acid groups (broad SMARTS) is 1. The Balaban J connectivity index is 0. The molecule has 0 aromatic heterocycles. The molecule has 5 nitrogen and oxygen atoms in total. The van der Waals surface area contributed by atoms with Crippen molar-refractivity contribution in [2.75, 3.05) is 20.6 Å². The summed E-state index contributed by atoms with van der Waals surface area (Å²) in [6, 6.07) is 0. The number of hydrogen-bond donors (Lipinski definition) is 2. The van der Waals surface area contributed by atoms with Crippen LogP contribution in [-0.2, 0) is 9.59 Å². The van der Waals surface area contributed by atoms with E-state index in [0.29, 0.717) is 5.57 Å². The molecule has 0 radical (unpaired) electrons. The zero-order chi connectivity index (χ0) is 12.4. The van der Waals surface area contributed by atoms with Crippen LogP contribution in [0.25, 0.3) is 0 Å². The normalized spacial score (nSPS) is 9.07. The predicted molar refractivity (Wildman–Crippen MR) is 59.4 cm³/mol. The van der Waals surface area contributed by atoms with Crippen molar-refractivity contribution in [2.24, 2.45) is 5.73 Å². The molecule has 0 saturated carbocycles. The van der Waals surface area contributed by atoms with E-state index in [1.54, 1.807) is 19.0 Å². The van der Waals surface area contributed by atoms with Crippen LogP contribution < -0.4 is 5.73 Å². The minimum Gasteiger partial charge on any atom is -0.480 e. The third kappa shape index (κ3) is 15.4. The van der Waals surface area contributed by atoms with Crippen LogP contribution in [0.4, 0.5) is 0 Å². The zero-order valence-electron chi connectivity index (χ0n) is 9.62. The number of aliphatic carboxylic acids is 1. The number of rotatable bonds is 5. The van der Waals surface area contributed by atoms with Gasteiger partial charge in [0.15, 0.2) is 0 Å². The maximum atomic E-state index is 10.2. The maximum absolute atomic E-state index is 10.2. The second-order valence-electron chi connectivity index (χ2n) is 3.35. The standard InChI is InChI=1S/C6H11NO.C4H9NO2/c1-3-4-5(2)6(7)8;1-5(2)3-4(6)7/h2-4H2,1H3,(H2,7,8);3H2,1-2H3,(H,6,7). The van der Waals surface area contributed by atoms with Gasteiger partial charge in [0.25, 0.3) is 0 Å². The number of carbonyl (C=O) groups excluding carboxylic acids is 1. The molecule has 0 spiro atoms. The van der Waals surface area contributed by atoms with E-state index in [-0.39, 0.29) is 12.5 Å². The summed E-state index contributed by atoms with van der Waals surface area (Å²) in [7, 11) is 3.43. The predicted octanol–water partition coefficient (Wildman–Crippen LogP) is 0.461. The van der Waals surface area contributed by atoms with Gasteiger partial charge in [-0.25, -0.2) is 0 Å². The summed E-state index contributed by atoms with van der Waals surface area (Å²) in [5, 5.41) is 8.04. The van der Waals surface area contributed by atoms with Crippen molar-refractivity contribution in [3.05, 3.63) is 12.2 Å². The van der Waals surface area contributed by atoms with Crippen molar-refractivity contribution in [2.45, 2.75) is 19.8 Å². The van der Waals surface area contributed by atoms with Gasteiger partial charge < -0.3 is 10.8 Å². The van der Waals surface area contributed by atoms with Crippen LogP contribution in [-0.4, -0.2) is 42.5 Å². The van der Waals surface area contributed by atoms with E-state index < -0.39 is 5.97 Å². The summed E-state index contributed by atoms with van der Waals surface area (Å²) < 4.78 is 0. The van der Waals surface area contributed by atoms with E-state index >= 15 is 0 Å². The highest BCUT2D eigenvalue weighted by molar-refractivity contribution is 5.91. The van der Waals surface area contributed by atoms with Crippen LogP contribution in [0.1, 0.15) is 19.8 Å². The SMILES string of the molecule is C=C(CCC)C(N)=O.CN(C)CC(=O)O. The number of nitrogens with zero attached hydrogens (tertiary/aromatic N) is 1. The number of carboxylic acids is 1. The van der Waals surface area contributed by atoms with Gasteiger partial charge in [-0.3, -0.25) is 14.5 Å². The monoisotopic (exact) mass is 216 g/mol. The van der Waals surface area contributed by atoms with E-state index in [4.69, 9.17) is 10.8 Å². The quantitative estimate of drug-likeness (QED) is 0.654. The highest BCUT2D eigenvalue weighted by atomic mass is 16.4. The second kappa shape index (κ2) is 9.21. The molecule has 0 aromatic carbocycles. The molecule has 1 amide bonds. The Morgan fingerprint density at radius 2 is 1.87 bits per heavy atom. The summed E-state index contributed by atoms with van der Waals surface area (Å²) in [5.74, 6) is -1.17. The van der Waals surface area contributed by atoms with Gasteiger partial charge in [0.2, 0.25) is 5.91 Å². The van der Waals surface area contributed by atoms with E-state index in [9.17, 15) is 9.59 Å². The van der Waals surface area contributed by atoms with Crippen molar-refractivity contribution in [1.29, 1.82) is 0 Å². The van der Waals surface area contributed by atoms with E-state index in [1.807, 2.05) is 6.92 Å². The molecular weight excluding hydrogens is 196 g/mol. The molecule has 0 unspecified atom stereocenters. The number of primary amides is 1. The summed E-state index contributed by atoms with van der Waals surface area (Å²) in [5.41, 5.74) is 5.40. The molecule has 0 aliphatic rings. The van der Waals surface area contributed by atoms with Gasteiger partial charge in [-0.15, -0.1) is 0 Å². The maximum Gasteiger partial charge on any atom is 0.317 e. The van der Waals surface area contributed by atoms with Crippen LogP contribution in [0.5, 0.6) is 0 Å². The Bertz CT molecular complexity index is 225. The van der Waals surface area contributed by atoms with Crippen molar-refractivity contribution >= 4 is 11.9 Å². The topological polar surface area (TPSA) is 83.6 Å². The fourth-order valence-corrected chi connectivity index (χ4v) is 0.695. The highest BCUT2D eigenvalue weighted by Crippen LogP contribution is 1.98. The second-order valence-corrected chi connectivity index (χ2v) is 3.35. The van der Waals surface area contributed by atoms with Gasteiger partial charge in [0.1, 0.15) is 0 Å². The Morgan fingerprint density at radius 3 is 1.93 bits per heavy atom. The minimum absolute atomic E-state index is 0.111. The molecule has 0 heterocycles. The first kappa shape index (κ1) is 16.1. The molecule has 0 saturated heterocycles. The van der Waals surface area contributed by atoms with Crippen LogP contribution >= 0.6 is 0 Å². The molecule has 0 aliphatic heterocycles. The fourth-order valence-electron chi connectivity index (χ4n) is 0.695. The zero-order valence-corrected chi connectivity index (χ0v) is 9.62. The average Bonchev–Trinajstić information content (AvgIpc) is 2.02.